The van der Waals surface area contributed by atoms with Crippen LogP contribution in [-0.2, 0) is 11.3 Å². The molecule has 1 aromatic rings. The van der Waals surface area contributed by atoms with E-state index in [9.17, 15) is 4.79 Å². The smallest absolute Gasteiger partial charge is 0.407 e. The van der Waals surface area contributed by atoms with Crippen molar-refractivity contribution >= 4 is 22.0 Å². The van der Waals surface area contributed by atoms with Gasteiger partial charge in [0.25, 0.3) is 0 Å². The summed E-state index contributed by atoms with van der Waals surface area (Å²) in [5, 5.41) is 6.61. The Morgan fingerprint density at radius 2 is 1.87 bits per heavy atom. The van der Waals surface area contributed by atoms with Crippen molar-refractivity contribution in [3.05, 3.63) is 34.3 Å². The van der Waals surface area contributed by atoms with E-state index in [0.29, 0.717) is 6.04 Å². The van der Waals surface area contributed by atoms with Crippen LogP contribution in [0.4, 0.5) is 4.79 Å². The molecule has 1 amide bonds. The summed E-state index contributed by atoms with van der Waals surface area (Å²) in [5.41, 5.74) is 0.827. The van der Waals surface area contributed by atoms with Crippen molar-refractivity contribution < 1.29 is 9.53 Å². The quantitative estimate of drug-likeness (QED) is 0.812. The largest absolute Gasteiger partial charge is 0.444 e. The number of benzene rings is 1. The molecule has 1 aliphatic carbocycles. The lowest BCUT2D eigenvalue weighted by atomic mass is 9.91. The van der Waals surface area contributed by atoms with Crippen LogP contribution < -0.4 is 10.6 Å². The molecule has 0 bridgehead atoms. The van der Waals surface area contributed by atoms with Crippen LogP contribution in [0.15, 0.2) is 28.7 Å². The summed E-state index contributed by atoms with van der Waals surface area (Å²) in [5.74, 6) is 0. The van der Waals surface area contributed by atoms with Crippen molar-refractivity contribution in [2.24, 2.45) is 0 Å². The second kappa shape index (κ2) is 8.15. The molecule has 2 atom stereocenters. The molecule has 128 valence electrons. The molecule has 0 heterocycles. The first-order valence-electron chi connectivity index (χ1n) is 8.29. The van der Waals surface area contributed by atoms with Crippen LogP contribution in [0, 0.1) is 0 Å². The number of alkyl carbamates (subject to hydrolysis) is 1. The molecule has 0 aromatic heterocycles. The lowest BCUT2D eigenvalue weighted by molar-refractivity contribution is 0.0488. The number of rotatable bonds is 4. The van der Waals surface area contributed by atoms with E-state index in [4.69, 9.17) is 4.74 Å². The molecular weight excluding hydrogens is 356 g/mol. The Balaban J connectivity index is 1.76. The Morgan fingerprint density at radius 1 is 1.22 bits per heavy atom. The first-order chi connectivity index (χ1) is 10.8. The SMILES string of the molecule is CC(C)(C)OC(=O)NC1CCCC(NCc2ccc(Br)cc2)C1. The van der Waals surface area contributed by atoms with E-state index in [-0.39, 0.29) is 12.1 Å². The van der Waals surface area contributed by atoms with Crippen LogP contribution in [0.2, 0.25) is 0 Å². The summed E-state index contributed by atoms with van der Waals surface area (Å²) in [6, 6.07) is 9.00. The fourth-order valence-electron chi connectivity index (χ4n) is 2.84. The highest BCUT2D eigenvalue weighted by molar-refractivity contribution is 9.10. The molecule has 0 radical (unpaired) electrons. The fourth-order valence-corrected chi connectivity index (χ4v) is 3.11. The van der Waals surface area contributed by atoms with Crippen LogP contribution in [0.3, 0.4) is 0 Å². The van der Waals surface area contributed by atoms with Crippen molar-refractivity contribution in [1.82, 2.24) is 10.6 Å². The Labute approximate surface area is 147 Å². The molecule has 4 nitrogen and oxygen atoms in total. The minimum atomic E-state index is -0.446. The van der Waals surface area contributed by atoms with E-state index in [0.717, 1.165) is 36.7 Å². The number of hydrogen-bond acceptors (Lipinski definition) is 3. The van der Waals surface area contributed by atoms with E-state index >= 15 is 0 Å². The van der Waals surface area contributed by atoms with Gasteiger partial charge in [0.05, 0.1) is 0 Å². The third kappa shape index (κ3) is 6.92. The summed E-state index contributed by atoms with van der Waals surface area (Å²) in [7, 11) is 0. The first kappa shape index (κ1) is 18.3. The van der Waals surface area contributed by atoms with Crippen molar-refractivity contribution in [2.75, 3.05) is 0 Å². The van der Waals surface area contributed by atoms with E-state index < -0.39 is 5.60 Å². The Morgan fingerprint density at radius 3 is 2.52 bits per heavy atom. The zero-order valence-corrected chi connectivity index (χ0v) is 15.8. The number of carbonyl (C=O) groups is 1. The molecule has 1 saturated carbocycles. The molecule has 1 aliphatic rings. The minimum absolute atomic E-state index is 0.195. The van der Waals surface area contributed by atoms with Crippen molar-refractivity contribution in [1.29, 1.82) is 0 Å². The number of hydrogen-bond donors (Lipinski definition) is 2. The van der Waals surface area contributed by atoms with E-state index in [1.54, 1.807) is 0 Å². The number of carbonyl (C=O) groups excluding carboxylic acids is 1. The molecule has 0 saturated heterocycles. The van der Waals surface area contributed by atoms with Gasteiger partial charge in [0.2, 0.25) is 0 Å². The average molecular weight is 383 g/mol. The minimum Gasteiger partial charge on any atom is -0.444 e. The maximum absolute atomic E-state index is 11.9. The molecule has 2 rings (SSSR count). The molecule has 0 spiro atoms. The van der Waals surface area contributed by atoms with Crippen LogP contribution >= 0.6 is 15.9 Å². The normalized spacial score (nSPS) is 21.7. The zero-order valence-electron chi connectivity index (χ0n) is 14.2. The average Bonchev–Trinajstić information content (AvgIpc) is 2.45. The third-order valence-corrected chi connectivity index (χ3v) is 4.43. The number of amides is 1. The van der Waals surface area contributed by atoms with E-state index in [2.05, 4.69) is 50.8 Å². The van der Waals surface area contributed by atoms with Gasteiger partial charge in [-0.25, -0.2) is 4.79 Å². The van der Waals surface area contributed by atoms with Gasteiger partial charge in [-0.15, -0.1) is 0 Å². The summed E-state index contributed by atoms with van der Waals surface area (Å²) in [6.07, 6.45) is 3.95. The van der Waals surface area contributed by atoms with E-state index in [1.165, 1.54) is 5.56 Å². The zero-order chi connectivity index (χ0) is 16.9. The van der Waals surface area contributed by atoms with Gasteiger partial charge in [-0.3, -0.25) is 0 Å². The summed E-state index contributed by atoms with van der Waals surface area (Å²) < 4.78 is 6.44. The van der Waals surface area contributed by atoms with Gasteiger partial charge in [-0.05, 0) is 64.2 Å². The third-order valence-electron chi connectivity index (χ3n) is 3.90. The highest BCUT2D eigenvalue weighted by Crippen LogP contribution is 2.20. The first-order valence-corrected chi connectivity index (χ1v) is 9.08. The topological polar surface area (TPSA) is 50.4 Å². The summed E-state index contributed by atoms with van der Waals surface area (Å²) >= 11 is 3.45. The predicted molar refractivity (Wildman–Crippen MR) is 96.4 cm³/mol. The fraction of sp³-hybridized carbons (Fsp3) is 0.611. The van der Waals surface area contributed by atoms with Crippen LogP contribution in [0.1, 0.15) is 52.0 Å². The Kier molecular flexibility index (Phi) is 6.48. The maximum atomic E-state index is 11.9. The molecule has 2 unspecified atom stereocenters. The lowest BCUT2D eigenvalue weighted by Crippen LogP contribution is -2.45. The summed E-state index contributed by atoms with van der Waals surface area (Å²) in [6.45, 7) is 6.51. The summed E-state index contributed by atoms with van der Waals surface area (Å²) in [4.78, 5) is 11.9. The van der Waals surface area contributed by atoms with Crippen LogP contribution in [0.5, 0.6) is 0 Å². The highest BCUT2D eigenvalue weighted by Gasteiger charge is 2.25. The van der Waals surface area contributed by atoms with E-state index in [1.807, 2.05) is 20.8 Å². The van der Waals surface area contributed by atoms with Crippen molar-refractivity contribution in [3.8, 4) is 0 Å². The molecule has 1 aromatic carbocycles. The van der Waals surface area contributed by atoms with Gasteiger partial charge in [0, 0.05) is 23.1 Å². The number of halogens is 1. The predicted octanol–water partition coefficient (Wildman–Crippen LogP) is 4.37. The van der Waals surface area contributed by atoms with Gasteiger partial charge in [0.1, 0.15) is 5.60 Å². The number of nitrogens with one attached hydrogen (secondary N) is 2. The monoisotopic (exact) mass is 382 g/mol. The molecule has 1 fully saturated rings. The second-order valence-corrected chi connectivity index (χ2v) is 8.13. The molecular formula is C18H27BrN2O2. The van der Waals surface area contributed by atoms with Gasteiger partial charge in [-0.2, -0.15) is 0 Å². The molecule has 5 heteroatoms. The second-order valence-electron chi connectivity index (χ2n) is 7.21. The molecule has 2 N–H and O–H groups in total. The van der Waals surface area contributed by atoms with Crippen LogP contribution in [0.25, 0.3) is 0 Å². The van der Waals surface area contributed by atoms with Gasteiger partial charge < -0.3 is 15.4 Å². The molecule has 23 heavy (non-hydrogen) atoms. The van der Waals surface area contributed by atoms with Gasteiger partial charge in [-0.1, -0.05) is 28.1 Å². The maximum Gasteiger partial charge on any atom is 0.407 e. The Hall–Kier alpha value is -1.07. The Bertz CT molecular complexity index is 511. The van der Waals surface area contributed by atoms with Crippen molar-refractivity contribution in [2.45, 2.75) is 70.7 Å². The van der Waals surface area contributed by atoms with Gasteiger partial charge >= 0.3 is 6.09 Å². The standard InChI is InChI=1S/C18H27BrN2O2/c1-18(2,3)23-17(22)21-16-6-4-5-15(11-16)20-12-13-7-9-14(19)10-8-13/h7-10,15-16,20H,4-6,11-12H2,1-3H3,(H,21,22). The van der Waals surface area contributed by atoms with Crippen LogP contribution in [-0.4, -0.2) is 23.8 Å². The van der Waals surface area contributed by atoms with Crippen molar-refractivity contribution in [3.63, 3.8) is 0 Å². The number of ether oxygens (including phenoxy) is 1. The highest BCUT2D eigenvalue weighted by atomic mass is 79.9. The van der Waals surface area contributed by atoms with Gasteiger partial charge in [0.15, 0.2) is 0 Å². The lowest BCUT2D eigenvalue weighted by Gasteiger charge is -2.31. The molecule has 0 aliphatic heterocycles.